The van der Waals surface area contributed by atoms with E-state index in [2.05, 4.69) is 48.0 Å². The normalized spacial score (nSPS) is 12.2. The molecule has 2 aromatic carbocycles. The molecule has 2 N–H and O–H groups in total. The van der Waals surface area contributed by atoms with Gasteiger partial charge in [-0.2, -0.15) is 0 Å². The molecule has 2 rings (SSSR count). The molecule has 1 atom stereocenters. The lowest BCUT2D eigenvalue weighted by Crippen LogP contribution is -2.12. The fourth-order valence-electron chi connectivity index (χ4n) is 2.06. The van der Waals surface area contributed by atoms with Gasteiger partial charge in [0.15, 0.2) is 0 Å². The van der Waals surface area contributed by atoms with Gasteiger partial charge in [-0.05, 0) is 48.2 Å². The maximum Gasteiger partial charge on any atom is 0.119 e. The molecule has 3 heteroatoms. The first-order valence-corrected chi connectivity index (χ1v) is 7.65. The van der Waals surface area contributed by atoms with Crippen LogP contribution in [0.2, 0.25) is 0 Å². The number of nitrogens with two attached hydrogens (primary N) is 1. The molecule has 106 valence electrons. The van der Waals surface area contributed by atoms with Crippen LogP contribution < -0.4 is 10.5 Å². The van der Waals surface area contributed by atoms with Gasteiger partial charge in [0.2, 0.25) is 0 Å². The molecule has 0 bridgehead atoms. The van der Waals surface area contributed by atoms with Crippen LogP contribution in [-0.4, -0.2) is 6.61 Å². The van der Waals surface area contributed by atoms with Crippen LogP contribution in [-0.2, 0) is 0 Å². The molecule has 0 radical (unpaired) electrons. The van der Waals surface area contributed by atoms with Crippen molar-refractivity contribution in [1.82, 2.24) is 0 Å². The van der Waals surface area contributed by atoms with Crippen molar-refractivity contribution < 1.29 is 4.74 Å². The summed E-state index contributed by atoms with van der Waals surface area (Å²) >= 11 is 3.59. The molecule has 0 aromatic heterocycles. The Bertz CT molecular complexity index is 566. The van der Waals surface area contributed by atoms with Crippen LogP contribution in [0.1, 0.15) is 36.1 Å². The molecule has 0 heterocycles. The zero-order valence-corrected chi connectivity index (χ0v) is 13.5. The molecule has 0 aliphatic carbocycles. The van der Waals surface area contributed by atoms with Crippen LogP contribution >= 0.6 is 15.9 Å². The van der Waals surface area contributed by atoms with Crippen molar-refractivity contribution in [2.24, 2.45) is 5.73 Å². The lowest BCUT2D eigenvalue weighted by Gasteiger charge is -2.15. The van der Waals surface area contributed by atoms with Crippen LogP contribution in [0.15, 0.2) is 46.9 Å². The zero-order valence-electron chi connectivity index (χ0n) is 11.9. The lowest BCUT2D eigenvalue weighted by molar-refractivity contribution is 0.317. The highest BCUT2D eigenvalue weighted by Gasteiger charge is 2.12. The average Bonchev–Trinajstić information content (AvgIpc) is 2.45. The second-order valence-corrected chi connectivity index (χ2v) is 5.77. The Kier molecular flexibility index (Phi) is 5.21. The molecule has 0 fully saturated rings. The molecule has 0 saturated carbocycles. The summed E-state index contributed by atoms with van der Waals surface area (Å²) < 4.78 is 6.64. The summed E-state index contributed by atoms with van der Waals surface area (Å²) in [6.45, 7) is 4.91. The highest BCUT2D eigenvalue weighted by Crippen LogP contribution is 2.28. The molecule has 1 unspecified atom stereocenters. The van der Waals surface area contributed by atoms with E-state index < -0.39 is 0 Å². The Morgan fingerprint density at radius 1 is 1.15 bits per heavy atom. The van der Waals surface area contributed by atoms with Crippen molar-refractivity contribution in [3.63, 3.8) is 0 Å². The monoisotopic (exact) mass is 333 g/mol. The minimum Gasteiger partial charge on any atom is -0.494 e. The van der Waals surface area contributed by atoms with E-state index in [1.54, 1.807) is 0 Å². The van der Waals surface area contributed by atoms with Gasteiger partial charge in [0.1, 0.15) is 5.75 Å². The quantitative estimate of drug-likeness (QED) is 0.868. The van der Waals surface area contributed by atoms with E-state index >= 15 is 0 Å². The van der Waals surface area contributed by atoms with Gasteiger partial charge in [-0.3, -0.25) is 0 Å². The van der Waals surface area contributed by atoms with Gasteiger partial charge in [0.05, 0.1) is 12.6 Å². The molecule has 0 aliphatic heterocycles. The average molecular weight is 334 g/mol. The highest BCUT2D eigenvalue weighted by molar-refractivity contribution is 9.10. The zero-order chi connectivity index (χ0) is 14.5. The van der Waals surface area contributed by atoms with E-state index in [0.717, 1.165) is 34.4 Å². The number of hydrogen-bond donors (Lipinski definition) is 1. The van der Waals surface area contributed by atoms with Gasteiger partial charge in [0, 0.05) is 4.47 Å². The third-order valence-electron chi connectivity index (χ3n) is 3.20. The summed E-state index contributed by atoms with van der Waals surface area (Å²) in [6, 6.07) is 14.1. The Labute approximate surface area is 129 Å². The first kappa shape index (κ1) is 15.1. The Morgan fingerprint density at radius 3 is 2.45 bits per heavy atom. The smallest absolute Gasteiger partial charge is 0.119 e. The van der Waals surface area contributed by atoms with Crippen molar-refractivity contribution in [1.29, 1.82) is 0 Å². The largest absolute Gasteiger partial charge is 0.494 e. The van der Waals surface area contributed by atoms with E-state index in [0.29, 0.717) is 0 Å². The summed E-state index contributed by atoms with van der Waals surface area (Å²) in [7, 11) is 0. The third kappa shape index (κ3) is 3.62. The first-order valence-electron chi connectivity index (χ1n) is 6.86. The second kappa shape index (κ2) is 6.91. The number of aryl methyl sites for hydroxylation is 1. The summed E-state index contributed by atoms with van der Waals surface area (Å²) in [5, 5.41) is 0. The number of ether oxygens (including phenoxy) is 1. The summed E-state index contributed by atoms with van der Waals surface area (Å²) in [4.78, 5) is 0. The van der Waals surface area contributed by atoms with E-state index in [1.807, 2.05) is 24.3 Å². The van der Waals surface area contributed by atoms with Gasteiger partial charge in [-0.15, -0.1) is 0 Å². The molecular formula is C17H20BrNO. The molecule has 0 aliphatic rings. The predicted octanol–water partition coefficient (Wildman–Crippen LogP) is 4.59. The van der Waals surface area contributed by atoms with Crippen LogP contribution in [0.3, 0.4) is 0 Å². The molecule has 20 heavy (non-hydrogen) atoms. The molecule has 0 saturated heterocycles. The molecule has 2 aromatic rings. The van der Waals surface area contributed by atoms with Crippen molar-refractivity contribution in [2.45, 2.75) is 26.3 Å². The Hall–Kier alpha value is -1.32. The van der Waals surface area contributed by atoms with Crippen LogP contribution in [0.25, 0.3) is 0 Å². The van der Waals surface area contributed by atoms with Gasteiger partial charge in [-0.1, -0.05) is 47.1 Å². The fraction of sp³-hybridized carbons (Fsp3) is 0.294. The molecule has 0 spiro atoms. The minimum atomic E-state index is -0.134. The summed E-state index contributed by atoms with van der Waals surface area (Å²) in [5.41, 5.74) is 9.74. The van der Waals surface area contributed by atoms with Crippen LogP contribution in [0.4, 0.5) is 0 Å². The number of rotatable bonds is 5. The van der Waals surface area contributed by atoms with Crippen molar-refractivity contribution in [2.75, 3.05) is 6.61 Å². The summed E-state index contributed by atoms with van der Waals surface area (Å²) in [6.07, 6.45) is 1.01. The van der Waals surface area contributed by atoms with E-state index in [9.17, 15) is 0 Å². The van der Waals surface area contributed by atoms with Crippen LogP contribution in [0, 0.1) is 6.92 Å². The van der Waals surface area contributed by atoms with Gasteiger partial charge >= 0.3 is 0 Å². The third-order valence-corrected chi connectivity index (χ3v) is 3.89. The maximum atomic E-state index is 6.35. The minimum absolute atomic E-state index is 0.134. The topological polar surface area (TPSA) is 35.2 Å². The van der Waals surface area contributed by atoms with E-state index in [1.165, 1.54) is 5.56 Å². The maximum absolute atomic E-state index is 6.35. The van der Waals surface area contributed by atoms with Gasteiger partial charge < -0.3 is 10.5 Å². The predicted molar refractivity (Wildman–Crippen MR) is 87.1 cm³/mol. The Balaban J connectivity index is 2.18. The van der Waals surface area contributed by atoms with Gasteiger partial charge in [0.25, 0.3) is 0 Å². The second-order valence-electron chi connectivity index (χ2n) is 4.92. The van der Waals surface area contributed by atoms with Gasteiger partial charge in [-0.25, -0.2) is 0 Å². The highest BCUT2D eigenvalue weighted by atomic mass is 79.9. The number of hydrogen-bond acceptors (Lipinski definition) is 2. The Morgan fingerprint density at radius 2 is 1.85 bits per heavy atom. The van der Waals surface area contributed by atoms with Crippen molar-refractivity contribution >= 4 is 15.9 Å². The van der Waals surface area contributed by atoms with E-state index in [-0.39, 0.29) is 6.04 Å². The number of benzene rings is 2. The standard InChI is InChI=1S/C17H20BrNO/c1-3-10-20-14-7-5-13(6-8-14)17(19)15-9-4-12(2)11-16(15)18/h4-9,11,17H,3,10,19H2,1-2H3. The van der Waals surface area contributed by atoms with Crippen molar-refractivity contribution in [3.05, 3.63) is 63.6 Å². The lowest BCUT2D eigenvalue weighted by atomic mass is 9.99. The SMILES string of the molecule is CCCOc1ccc(C(N)c2ccc(C)cc2Br)cc1. The molecular weight excluding hydrogens is 314 g/mol. The van der Waals surface area contributed by atoms with Crippen LogP contribution in [0.5, 0.6) is 5.75 Å². The van der Waals surface area contributed by atoms with E-state index in [4.69, 9.17) is 10.5 Å². The number of halogens is 1. The summed E-state index contributed by atoms with van der Waals surface area (Å²) in [5.74, 6) is 0.894. The first-order chi connectivity index (χ1) is 9.61. The molecule has 2 nitrogen and oxygen atoms in total. The molecule has 0 amide bonds. The van der Waals surface area contributed by atoms with Crippen molar-refractivity contribution in [3.8, 4) is 5.75 Å². The fourth-order valence-corrected chi connectivity index (χ4v) is 2.80.